The van der Waals surface area contributed by atoms with Crippen LogP contribution in [0.5, 0.6) is 0 Å². The van der Waals surface area contributed by atoms with Gasteiger partial charge >= 0.3 is 0 Å². The van der Waals surface area contributed by atoms with Crippen molar-refractivity contribution < 1.29 is 4.57 Å². The van der Waals surface area contributed by atoms with Gasteiger partial charge in [-0.3, -0.25) is 0 Å². The van der Waals surface area contributed by atoms with Crippen molar-refractivity contribution in [1.29, 1.82) is 0 Å². The molecule has 148 valence electrons. The van der Waals surface area contributed by atoms with Gasteiger partial charge in [-0.1, -0.05) is 45.0 Å². The summed E-state index contributed by atoms with van der Waals surface area (Å²) in [4.78, 5) is 4.92. The molecule has 3 heteroatoms. The first-order chi connectivity index (χ1) is 13.7. The van der Waals surface area contributed by atoms with E-state index in [9.17, 15) is 0 Å². The number of para-hydroxylation sites is 2. The van der Waals surface area contributed by atoms with E-state index in [1.807, 2.05) is 6.07 Å². The normalized spacial score (nSPS) is 11.9. The van der Waals surface area contributed by atoms with Gasteiger partial charge in [-0.05, 0) is 48.1 Å². The summed E-state index contributed by atoms with van der Waals surface area (Å²) in [5.41, 5.74) is 8.77. The second kappa shape index (κ2) is 7.14. The summed E-state index contributed by atoms with van der Waals surface area (Å²) in [5.74, 6) is 1.01. The Labute approximate surface area is 173 Å². The lowest BCUT2D eigenvalue weighted by Crippen LogP contribution is -2.31. The topological polar surface area (TPSA) is 21.7 Å². The summed E-state index contributed by atoms with van der Waals surface area (Å²) in [6.07, 6.45) is 3.24. The second-order valence-electron chi connectivity index (χ2n) is 9.23. The maximum absolute atomic E-state index is 4.92. The van der Waals surface area contributed by atoms with Crippen LogP contribution in [0.3, 0.4) is 0 Å². The van der Waals surface area contributed by atoms with Gasteiger partial charge in [-0.25, -0.2) is 9.55 Å². The van der Waals surface area contributed by atoms with Crippen LogP contribution in [0.25, 0.3) is 33.7 Å². The number of pyridine rings is 1. The number of hydrogen-bond acceptors (Lipinski definition) is 1. The lowest BCUT2D eigenvalue weighted by Gasteiger charge is -2.18. The van der Waals surface area contributed by atoms with Gasteiger partial charge in [0.15, 0.2) is 6.20 Å². The molecule has 2 heterocycles. The quantitative estimate of drug-likeness (QED) is 0.420. The molecule has 0 aliphatic rings. The third-order valence-electron chi connectivity index (χ3n) is 5.59. The van der Waals surface area contributed by atoms with Gasteiger partial charge < -0.3 is 4.57 Å². The average molecular weight is 385 g/mol. The molecule has 0 saturated heterocycles. The highest BCUT2D eigenvalue weighted by molar-refractivity contribution is 5.82. The SMILES string of the molecule is Cc1c(-c2nc3ccccc3n2C)cccc1-c1cc(CC(C)(C)C)cc[n+]1C. The van der Waals surface area contributed by atoms with Crippen LogP contribution in [-0.4, -0.2) is 9.55 Å². The fourth-order valence-electron chi connectivity index (χ4n) is 4.15. The summed E-state index contributed by atoms with van der Waals surface area (Å²) in [7, 11) is 4.22. The monoisotopic (exact) mass is 384 g/mol. The van der Waals surface area contributed by atoms with E-state index < -0.39 is 0 Å². The van der Waals surface area contributed by atoms with Crippen LogP contribution >= 0.6 is 0 Å². The highest BCUT2D eigenvalue weighted by Crippen LogP contribution is 2.32. The maximum Gasteiger partial charge on any atom is 0.212 e. The van der Waals surface area contributed by atoms with E-state index in [2.05, 4.69) is 106 Å². The van der Waals surface area contributed by atoms with Gasteiger partial charge in [-0.15, -0.1) is 0 Å². The number of nitrogens with zero attached hydrogens (tertiary/aromatic N) is 3. The Morgan fingerprint density at radius 1 is 0.966 bits per heavy atom. The molecule has 0 saturated carbocycles. The lowest BCUT2D eigenvalue weighted by molar-refractivity contribution is -0.660. The molecule has 29 heavy (non-hydrogen) atoms. The minimum atomic E-state index is 0.265. The van der Waals surface area contributed by atoms with E-state index in [1.54, 1.807) is 0 Å². The highest BCUT2D eigenvalue weighted by atomic mass is 15.1. The highest BCUT2D eigenvalue weighted by Gasteiger charge is 2.20. The molecule has 0 amide bonds. The van der Waals surface area contributed by atoms with Gasteiger partial charge in [0, 0.05) is 30.3 Å². The molecule has 0 spiro atoms. The summed E-state index contributed by atoms with van der Waals surface area (Å²) in [6.45, 7) is 9.08. The number of fused-ring (bicyclic) bond motifs is 1. The lowest BCUT2D eigenvalue weighted by atomic mass is 9.87. The van der Waals surface area contributed by atoms with Crippen molar-refractivity contribution in [3.05, 3.63) is 71.9 Å². The number of aryl methyl sites for hydroxylation is 2. The van der Waals surface area contributed by atoms with Crippen molar-refractivity contribution in [2.75, 3.05) is 0 Å². The first-order valence-corrected chi connectivity index (χ1v) is 10.2. The third kappa shape index (κ3) is 3.69. The minimum absolute atomic E-state index is 0.265. The number of benzene rings is 2. The number of aromatic nitrogens is 3. The molecule has 2 aromatic carbocycles. The van der Waals surface area contributed by atoms with Crippen molar-refractivity contribution in [2.24, 2.45) is 19.5 Å². The van der Waals surface area contributed by atoms with Gasteiger partial charge in [0.2, 0.25) is 5.69 Å². The third-order valence-corrected chi connectivity index (χ3v) is 5.59. The maximum atomic E-state index is 4.92. The molecule has 0 aliphatic heterocycles. The molecule has 3 nitrogen and oxygen atoms in total. The molecule has 0 unspecified atom stereocenters. The fraction of sp³-hybridized carbons (Fsp3) is 0.308. The largest absolute Gasteiger partial charge is 0.327 e. The van der Waals surface area contributed by atoms with Crippen molar-refractivity contribution in [1.82, 2.24) is 9.55 Å². The van der Waals surface area contributed by atoms with Crippen LogP contribution in [0.15, 0.2) is 60.8 Å². The van der Waals surface area contributed by atoms with Gasteiger partial charge in [0.25, 0.3) is 0 Å². The molecule has 0 radical (unpaired) electrons. The summed E-state index contributed by atoms with van der Waals surface area (Å²) < 4.78 is 4.41. The van der Waals surface area contributed by atoms with Crippen LogP contribution in [0.1, 0.15) is 31.9 Å². The molecular formula is C26H30N3+. The van der Waals surface area contributed by atoms with Crippen molar-refractivity contribution >= 4 is 11.0 Å². The van der Waals surface area contributed by atoms with Gasteiger partial charge in [0.05, 0.1) is 11.0 Å². The standard InChI is InChI=1S/C26H30N3/c1-18-20(24-16-19(14-15-28(24)5)17-26(2,3)4)10-9-11-21(18)25-27-22-12-7-8-13-23(22)29(25)6/h7-16H,17H2,1-6H3/q+1. The Balaban J connectivity index is 1.85. The predicted molar refractivity (Wildman–Crippen MR) is 121 cm³/mol. The second-order valence-corrected chi connectivity index (χ2v) is 9.23. The molecule has 4 aromatic rings. The summed E-state index contributed by atoms with van der Waals surface area (Å²) >= 11 is 0. The first kappa shape index (κ1) is 19.4. The van der Waals surface area contributed by atoms with Crippen LogP contribution in [0.4, 0.5) is 0 Å². The van der Waals surface area contributed by atoms with E-state index in [4.69, 9.17) is 4.98 Å². The molecule has 0 bridgehead atoms. The molecule has 4 rings (SSSR count). The molecule has 0 atom stereocenters. The average Bonchev–Trinajstić information content (AvgIpc) is 2.99. The van der Waals surface area contributed by atoms with Crippen molar-refractivity contribution in [2.45, 2.75) is 34.1 Å². The van der Waals surface area contributed by atoms with E-state index in [0.29, 0.717) is 0 Å². The predicted octanol–water partition coefficient (Wildman–Crippen LogP) is 5.63. The van der Waals surface area contributed by atoms with E-state index in [0.717, 1.165) is 23.3 Å². The Morgan fingerprint density at radius 3 is 2.41 bits per heavy atom. The van der Waals surface area contributed by atoms with Crippen molar-refractivity contribution in [3.8, 4) is 22.6 Å². The van der Waals surface area contributed by atoms with Crippen molar-refractivity contribution in [3.63, 3.8) is 0 Å². The first-order valence-electron chi connectivity index (χ1n) is 10.2. The Kier molecular flexibility index (Phi) is 4.77. The fourth-order valence-corrected chi connectivity index (χ4v) is 4.15. The number of imidazole rings is 1. The Morgan fingerprint density at radius 2 is 1.69 bits per heavy atom. The van der Waals surface area contributed by atoms with Crippen LogP contribution in [0.2, 0.25) is 0 Å². The van der Waals surface area contributed by atoms with Crippen LogP contribution < -0.4 is 4.57 Å². The van der Waals surface area contributed by atoms with Gasteiger partial charge in [-0.2, -0.15) is 0 Å². The molecule has 2 aromatic heterocycles. The molecule has 0 N–H and O–H groups in total. The molecular weight excluding hydrogens is 354 g/mol. The zero-order valence-electron chi connectivity index (χ0n) is 18.3. The van der Waals surface area contributed by atoms with E-state index in [1.165, 1.54) is 27.9 Å². The smallest absolute Gasteiger partial charge is 0.212 e. The Hall–Kier alpha value is -2.94. The zero-order valence-corrected chi connectivity index (χ0v) is 18.3. The number of rotatable bonds is 3. The summed E-state index contributed by atoms with van der Waals surface area (Å²) in [6, 6.07) is 19.4. The number of hydrogen-bond donors (Lipinski definition) is 0. The van der Waals surface area contributed by atoms with Crippen LogP contribution in [0, 0.1) is 12.3 Å². The minimum Gasteiger partial charge on any atom is -0.327 e. The molecule has 0 aliphatic carbocycles. The van der Waals surface area contributed by atoms with Crippen LogP contribution in [-0.2, 0) is 20.5 Å². The zero-order chi connectivity index (χ0) is 20.8. The summed E-state index contributed by atoms with van der Waals surface area (Å²) in [5, 5.41) is 0. The Bertz CT molecular complexity index is 1190. The van der Waals surface area contributed by atoms with Gasteiger partial charge in [0.1, 0.15) is 12.9 Å². The van der Waals surface area contributed by atoms with E-state index >= 15 is 0 Å². The van der Waals surface area contributed by atoms with E-state index in [-0.39, 0.29) is 5.41 Å². The molecule has 0 fully saturated rings.